The lowest BCUT2D eigenvalue weighted by Gasteiger charge is -2.55. The highest BCUT2D eigenvalue weighted by atomic mass is 127. The normalized spacial score (nSPS) is 31.1. The molecular weight excluding hydrogens is 333 g/mol. The van der Waals surface area contributed by atoms with E-state index in [2.05, 4.69) is 72.9 Å². The van der Waals surface area contributed by atoms with Crippen molar-refractivity contribution < 1.29 is 0 Å². The first kappa shape index (κ1) is 14.3. The van der Waals surface area contributed by atoms with Gasteiger partial charge in [0, 0.05) is 9.61 Å². The van der Waals surface area contributed by atoms with Gasteiger partial charge in [-0.25, -0.2) is 0 Å². The molecule has 1 aromatic carbocycles. The average Bonchev–Trinajstić information content (AvgIpc) is 2.38. The van der Waals surface area contributed by atoms with Crippen LogP contribution in [0.2, 0.25) is 0 Å². The van der Waals surface area contributed by atoms with E-state index in [9.17, 15) is 0 Å². The molecule has 0 heterocycles. The standard InChI is InChI=1S/C16H24IN/c1-4-10-18-15-11-14(16(15,3)5-2)12-6-8-13(17)9-7-12/h6-9,14-15,18H,4-5,10-11H2,1-3H3. The lowest BCUT2D eigenvalue weighted by Crippen LogP contribution is -2.56. The van der Waals surface area contributed by atoms with E-state index < -0.39 is 0 Å². The van der Waals surface area contributed by atoms with Gasteiger partial charge in [-0.3, -0.25) is 0 Å². The predicted octanol–water partition coefficient (Wildman–Crippen LogP) is 4.56. The third-order valence-corrected chi connectivity index (χ3v) is 5.46. The SMILES string of the molecule is CCCNC1CC(c2ccc(I)cc2)C1(C)CC. The molecule has 1 aliphatic carbocycles. The molecule has 2 heteroatoms. The molecule has 0 radical (unpaired) electrons. The number of hydrogen-bond acceptors (Lipinski definition) is 1. The van der Waals surface area contributed by atoms with E-state index in [0.29, 0.717) is 11.5 Å². The highest BCUT2D eigenvalue weighted by Gasteiger charge is 2.50. The zero-order valence-electron chi connectivity index (χ0n) is 11.7. The second kappa shape index (κ2) is 5.91. The van der Waals surface area contributed by atoms with Crippen LogP contribution >= 0.6 is 22.6 Å². The minimum Gasteiger partial charge on any atom is -0.313 e. The van der Waals surface area contributed by atoms with Gasteiger partial charge in [-0.15, -0.1) is 0 Å². The van der Waals surface area contributed by atoms with Crippen molar-refractivity contribution in [1.82, 2.24) is 5.32 Å². The quantitative estimate of drug-likeness (QED) is 0.762. The molecule has 1 saturated carbocycles. The highest BCUT2D eigenvalue weighted by molar-refractivity contribution is 14.1. The fourth-order valence-electron chi connectivity index (χ4n) is 3.20. The lowest BCUT2D eigenvalue weighted by atomic mass is 9.54. The first-order valence-corrected chi connectivity index (χ1v) is 8.18. The minimum absolute atomic E-state index is 0.432. The average molecular weight is 357 g/mol. The zero-order valence-corrected chi connectivity index (χ0v) is 13.8. The van der Waals surface area contributed by atoms with Crippen LogP contribution in [0.15, 0.2) is 24.3 Å². The van der Waals surface area contributed by atoms with Crippen LogP contribution < -0.4 is 5.32 Å². The van der Waals surface area contributed by atoms with Crippen molar-refractivity contribution in [2.24, 2.45) is 5.41 Å². The summed E-state index contributed by atoms with van der Waals surface area (Å²) < 4.78 is 1.33. The van der Waals surface area contributed by atoms with Crippen molar-refractivity contribution in [1.29, 1.82) is 0 Å². The highest BCUT2D eigenvalue weighted by Crippen LogP contribution is 2.54. The van der Waals surface area contributed by atoms with E-state index in [4.69, 9.17) is 0 Å². The molecule has 0 aliphatic heterocycles. The van der Waals surface area contributed by atoms with Crippen molar-refractivity contribution >= 4 is 22.6 Å². The van der Waals surface area contributed by atoms with Crippen LogP contribution in [0, 0.1) is 8.99 Å². The Morgan fingerprint density at radius 3 is 2.50 bits per heavy atom. The summed E-state index contributed by atoms with van der Waals surface area (Å²) >= 11 is 2.38. The van der Waals surface area contributed by atoms with E-state index in [1.165, 1.54) is 28.4 Å². The largest absolute Gasteiger partial charge is 0.313 e. The van der Waals surface area contributed by atoms with E-state index in [1.807, 2.05) is 0 Å². The second-order valence-electron chi connectivity index (χ2n) is 5.71. The molecule has 1 aromatic rings. The van der Waals surface area contributed by atoms with Crippen LogP contribution in [-0.2, 0) is 0 Å². The van der Waals surface area contributed by atoms with Crippen LogP contribution in [0.1, 0.15) is 51.5 Å². The number of rotatable bonds is 5. The van der Waals surface area contributed by atoms with Gasteiger partial charge >= 0.3 is 0 Å². The summed E-state index contributed by atoms with van der Waals surface area (Å²) in [4.78, 5) is 0. The Morgan fingerprint density at radius 1 is 1.28 bits per heavy atom. The summed E-state index contributed by atoms with van der Waals surface area (Å²) in [5, 5.41) is 3.72. The Morgan fingerprint density at radius 2 is 1.94 bits per heavy atom. The van der Waals surface area contributed by atoms with Crippen molar-refractivity contribution in [3.05, 3.63) is 33.4 Å². The van der Waals surface area contributed by atoms with Gasteiger partial charge in [-0.2, -0.15) is 0 Å². The van der Waals surface area contributed by atoms with Crippen LogP contribution in [0.4, 0.5) is 0 Å². The Labute approximate surface area is 125 Å². The molecule has 0 aromatic heterocycles. The van der Waals surface area contributed by atoms with Gasteiger partial charge in [0.2, 0.25) is 0 Å². The van der Waals surface area contributed by atoms with Gasteiger partial charge < -0.3 is 5.32 Å². The molecule has 3 unspecified atom stereocenters. The molecule has 100 valence electrons. The lowest BCUT2D eigenvalue weighted by molar-refractivity contribution is 0.0445. The summed E-state index contributed by atoms with van der Waals surface area (Å²) in [6.45, 7) is 8.18. The molecule has 2 rings (SSSR count). The first-order chi connectivity index (χ1) is 8.61. The van der Waals surface area contributed by atoms with Gasteiger partial charge in [-0.05, 0) is 77.4 Å². The predicted molar refractivity (Wildman–Crippen MR) is 87.0 cm³/mol. The molecule has 1 aliphatic rings. The number of halogens is 1. The van der Waals surface area contributed by atoms with Gasteiger partial charge in [0.15, 0.2) is 0 Å². The minimum atomic E-state index is 0.432. The summed E-state index contributed by atoms with van der Waals surface area (Å²) in [6, 6.07) is 9.80. The summed E-state index contributed by atoms with van der Waals surface area (Å²) in [5.41, 5.74) is 1.96. The fraction of sp³-hybridized carbons (Fsp3) is 0.625. The number of benzene rings is 1. The van der Waals surface area contributed by atoms with E-state index >= 15 is 0 Å². The molecule has 0 spiro atoms. The van der Waals surface area contributed by atoms with E-state index in [-0.39, 0.29) is 0 Å². The van der Waals surface area contributed by atoms with Crippen molar-refractivity contribution in [3.8, 4) is 0 Å². The molecule has 0 saturated heterocycles. The Bertz CT molecular complexity index is 387. The van der Waals surface area contributed by atoms with E-state index in [1.54, 1.807) is 0 Å². The fourth-order valence-corrected chi connectivity index (χ4v) is 3.56. The third kappa shape index (κ3) is 2.60. The molecule has 3 atom stereocenters. The first-order valence-electron chi connectivity index (χ1n) is 7.10. The Hall–Kier alpha value is -0.0900. The molecule has 18 heavy (non-hydrogen) atoms. The van der Waals surface area contributed by atoms with Crippen molar-refractivity contribution in [3.63, 3.8) is 0 Å². The molecule has 1 nitrogen and oxygen atoms in total. The monoisotopic (exact) mass is 357 g/mol. The second-order valence-corrected chi connectivity index (χ2v) is 6.95. The maximum Gasteiger partial charge on any atom is 0.0133 e. The van der Waals surface area contributed by atoms with Gasteiger partial charge in [0.05, 0.1) is 0 Å². The van der Waals surface area contributed by atoms with Crippen LogP contribution in [0.25, 0.3) is 0 Å². The zero-order chi connectivity index (χ0) is 13.2. The summed E-state index contributed by atoms with van der Waals surface area (Å²) in [5.74, 6) is 0.730. The molecular formula is C16H24IN. The van der Waals surface area contributed by atoms with Crippen molar-refractivity contribution in [2.45, 2.75) is 52.0 Å². The number of nitrogens with one attached hydrogen (secondary N) is 1. The molecule has 1 fully saturated rings. The summed E-state index contributed by atoms with van der Waals surface area (Å²) in [7, 11) is 0. The number of hydrogen-bond donors (Lipinski definition) is 1. The topological polar surface area (TPSA) is 12.0 Å². The van der Waals surface area contributed by atoms with Gasteiger partial charge in [0.25, 0.3) is 0 Å². The maximum absolute atomic E-state index is 3.72. The van der Waals surface area contributed by atoms with Crippen molar-refractivity contribution in [2.75, 3.05) is 6.54 Å². The smallest absolute Gasteiger partial charge is 0.0133 e. The van der Waals surface area contributed by atoms with Gasteiger partial charge in [-0.1, -0.05) is 32.9 Å². The Balaban J connectivity index is 2.09. The third-order valence-electron chi connectivity index (χ3n) is 4.74. The maximum atomic E-state index is 3.72. The van der Waals surface area contributed by atoms with Crippen LogP contribution in [-0.4, -0.2) is 12.6 Å². The van der Waals surface area contributed by atoms with Gasteiger partial charge in [0.1, 0.15) is 0 Å². The molecule has 1 N–H and O–H groups in total. The van der Waals surface area contributed by atoms with Crippen LogP contribution in [0.3, 0.4) is 0 Å². The summed E-state index contributed by atoms with van der Waals surface area (Å²) in [6.07, 6.45) is 3.78. The molecule has 0 amide bonds. The molecule has 0 bridgehead atoms. The van der Waals surface area contributed by atoms with Crippen LogP contribution in [0.5, 0.6) is 0 Å². The Kier molecular flexibility index (Phi) is 4.70. The van der Waals surface area contributed by atoms with E-state index in [0.717, 1.165) is 12.5 Å².